The molecule has 0 spiro atoms. The van der Waals surface area contributed by atoms with Gasteiger partial charge in [0.1, 0.15) is 0 Å². The van der Waals surface area contributed by atoms with E-state index in [-0.39, 0.29) is 12.3 Å². The molecule has 2 N–H and O–H groups in total. The van der Waals surface area contributed by atoms with Crippen molar-refractivity contribution in [2.24, 2.45) is 5.92 Å². The fraction of sp³-hybridized carbons (Fsp3) is 0.875. The van der Waals surface area contributed by atoms with Crippen molar-refractivity contribution < 1.29 is 26.7 Å². The number of carboxylic acids is 1. The second kappa shape index (κ2) is 5.78. The third kappa shape index (κ3) is 8.11. The van der Waals surface area contributed by atoms with Crippen LogP contribution >= 0.6 is 0 Å². The predicted octanol–water partition coefficient (Wildman–Crippen LogP) is -0.593. The molecule has 9 heteroatoms. The van der Waals surface area contributed by atoms with Gasteiger partial charge in [0.25, 0.3) is 0 Å². The maximum Gasteiger partial charge on any atom is 0.304 e. The Morgan fingerprint density at radius 3 is 2.00 bits per heavy atom. The van der Waals surface area contributed by atoms with Crippen molar-refractivity contribution in [2.75, 3.05) is 11.3 Å². The zero-order valence-corrected chi connectivity index (χ0v) is 11.5. The lowest BCUT2D eigenvalue weighted by molar-refractivity contribution is -0.137. The van der Waals surface area contributed by atoms with Gasteiger partial charge in [-0.2, -0.15) is 0 Å². The van der Waals surface area contributed by atoms with E-state index in [1.165, 1.54) is 0 Å². The number of sulfonamides is 1. The van der Waals surface area contributed by atoms with Gasteiger partial charge in [-0.25, -0.2) is 21.6 Å². The van der Waals surface area contributed by atoms with Crippen molar-refractivity contribution in [2.45, 2.75) is 26.3 Å². The van der Waals surface area contributed by atoms with Crippen LogP contribution in [0.2, 0.25) is 0 Å². The van der Waals surface area contributed by atoms with E-state index in [0.29, 0.717) is 0 Å². The molecule has 17 heavy (non-hydrogen) atoms. The van der Waals surface area contributed by atoms with E-state index in [1.807, 2.05) is 0 Å². The highest BCUT2D eigenvalue weighted by Crippen LogP contribution is 2.08. The number of carbonyl (C=O) groups is 1. The number of hydrogen-bond donors (Lipinski definition) is 2. The highest BCUT2D eigenvalue weighted by Gasteiger charge is 2.25. The summed E-state index contributed by atoms with van der Waals surface area (Å²) < 4.78 is 46.8. The molecule has 0 heterocycles. The second-order valence-electron chi connectivity index (χ2n) is 4.22. The lowest BCUT2D eigenvalue weighted by Crippen LogP contribution is -2.42. The van der Waals surface area contributed by atoms with Crippen LogP contribution in [-0.2, 0) is 24.7 Å². The molecule has 0 aromatic carbocycles. The summed E-state index contributed by atoms with van der Waals surface area (Å²) in [5, 5.41) is 7.57. The maximum absolute atomic E-state index is 11.5. The summed E-state index contributed by atoms with van der Waals surface area (Å²) in [6, 6.07) is -0.820. The van der Waals surface area contributed by atoms with E-state index >= 15 is 0 Å². The average molecular weight is 287 g/mol. The molecule has 0 fully saturated rings. The van der Waals surface area contributed by atoms with Gasteiger partial charge in [0.2, 0.25) is 10.0 Å². The normalized spacial score (nSPS) is 14.8. The molecule has 0 aromatic heterocycles. The minimum absolute atomic E-state index is 0.250. The molecule has 0 rings (SSSR count). The molecule has 0 saturated carbocycles. The number of hydrogen-bond acceptors (Lipinski definition) is 5. The SMILES string of the molecule is CC(C)C(CC(=O)O)NS(=O)(=O)CS(C)(=O)=O. The van der Waals surface area contributed by atoms with E-state index in [1.54, 1.807) is 13.8 Å². The number of nitrogens with one attached hydrogen (secondary N) is 1. The largest absolute Gasteiger partial charge is 0.481 e. The standard InChI is InChI=1S/C8H17NO6S2/c1-6(2)7(4-8(10)11)9-17(14,15)5-16(3,12)13/h6-7,9H,4-5H2,1-3H3,(H,10,11). The molecule has 0 aliphatic heterocycles. The van der Waals surface area contributed by atoms with Crippen LogP contribution in [0.25, 0.3) is 0 Å². The van der Waals surface area contributed by atoms with Crippen LogP contribution in [0, 0.1) is 5.92 Å². The van der Waals surface area contributed by atoms with Crippen molar-refractivity contribution in [3.05, 3.63) is 0 Å². The third-order valence-electron chi connectivity index (χ3n) is 1.90. The average Bonchev–Trinajstić information content (AvgIpc) is 1.95. The first kappa shape index (κ1) is 16.3. The van der Waals surface area contributed by atoms with Crippen molar-refractivity contribution in [1.82, 2.24) is 4.72 Å². The smallest absolute Gasteiger partial charge is 0.304 e. The molecule has 0 radical (unpaired) electrons. The van der Waals surface area contributed by atoms with E-state index in [2.05, 4.69) is 4.72 Å². The number of aliphatic carboxylic acids is 1. The van der Waals surface area contributed by atoms with Gasteiger partial charge in [-0.3, -0.25) is 4.79 Å². The lowest BCUT2D eigenvalue weighted by atomic mass is 10.0. The number of carboxylic acid groups (broad SMARTS) is 1. The van der Waals surface area contributed by atoms with Gasteiger partial charge in [-0.15, -0.1) is 0 Å². The van der Waals surface area contributed by atoms with Crippen LogP contribution in [0.3, 0.4) is 0 Å². The van der Waals surface area contributed by atoms with Crippen molar-refractivity contribution >= 4 is 25.8 Å². The maximum atomic E-state index is 11.5. The highest BCUT2D eigenvalue weighted by atomic mass is 32.3. The Bertz CT molecular complexity index is 464. The molecule has 0 aromatic rings. The molecule has 1 atom stereocenters. The van der Waals surface area contributed by atoms with Crippen LogP contribution in [0.4, 0.5) is 0 Å². The van der Waals surface area contributed by atoms with Crippen molar-refractivity contribution in [1.29, 1.82) is 0 Å². The van der Waals surface area contributed by atoms with Crippen LogP contribution in [0.1, 0.15) is 20.3 Å². The summed E-state index contributed by atoms with van der Waals surface area (Å²) in [5.74, 6) is -1.40. The Kier molecular flexibility index (Phi) is 5.56. The summed E-state index contributed by atoms with van der Waals surface area (Å²) in [4.78, 5) is 10.5. The zero-order chi connectivity index (χ0) is 13.9. The highest BCUT2D eigenvalue weighted by molar-refractivity contribution is 8.06. The fourth-order valence-electron chi connectivity index (χ4n) is 1.15. The number of rotatable bonds is 7. The summed E-state index contributed by atoms with van der Waals surface area (Å²) >= 11 is 0. The first-order valence-corrected chi connectivity index (χ1v) is 8.54. The van der Waals surface area contributed by atoms with Gasteiger partial charge >= 0.3 is 5.97 Å². The Morgan fingerprint density at radius 1 is 1.24 bits per heavy atom. The van der Waals surface area contributed by atoms with Gasteiger partial charge in [-0.1, -0.05) is 13.8 Å². The third-order valence-corrected chi connectivity index (χ3v) is 5.52. The van der Waals surface area contributed by atoms with E-state index in [0.717, 1.165) is 6.26 Å². The molecule has 102 valence electrons. The Labute approximate surface area is 101 Å². The molecule has 1 unspecified atom stereocenters. The van der Waals surface area contributed by atoms with Gasteiger partial charge < -0.3 is 5.11 Å². The minimum Gasteiger partial charge on any atom is -0.481 e. The summed E-state index contributed by atoms with van der Waals surface area (Å²) in [5.41, 5.74) is 0. The summed E-state index contributed by atoms with van der Waals surface area (Å²) in [6.45, 7) is 3.30. The van der Waals surface area contributed by atoms with E-state index < -0.39 is 37.0 Å². The van der Waals surface area contributed by atoms with Crippen LogP contribution in [0.5, 0.6) is 0 Å². The first-order valence-electron chi connectivity index (χ1n) is 4.82. The van der Waals surface area contributed by atoms with Gasteiger partial charge in [0.05, 0.1) is 6.42 Å². The van der Waals surface area contributed by atoms with Crippen LogP contribution < -0.4 is 4.72 Å². The molecule has 0 saturated heterocycles. The zero-order valence-electron chi connectivity index (χ0n) is 9.87. The van der Waals surface area contributed by atoms with Crippen LogP contribution in [-0.4, -0.2) is 45.3 Å². The number of sulfone groups is 1. The molecule has 0 bridgehead atoms. The second-order valence-corrected chi connectivity index (χ2v) is 8.48. The summed E-state index contributed by atoms with van der Waals surface area (Å²) in [7, 11) is -7.71. The summed E-state index contributed by atoms with van der Waals surface area (Å²) in [6.07, 6.45) is 0.411. The molecular formula is C8H17NO6S2. The van der Waals surface area contributed by atoms with E-state index in [4.69, 9.17) is 5.11 Å². The van der Waals surface area contributed by atoms with E-state index in [9.17, 15) is 21.6 Å². The van der Waals surface area contributed by atoms with Crippen LogP contribution in [0.15, 0.2) is 0 Å². The topological polar surface area (TPSA) is 118 Å². The predicted molar refractivity (Wildman–Crippen MR) is 62.6 cm³/mol. The molecule has 0 aliphatic rings. The van der Waals surface area contributed by atoms with Gasteiger partial charge in [-0.05, 0) is 5.92 Å². The van der Waals surface area contributed by atoms with Crippen molar-refractivity contribution in [3.63, 3.8) is 0 Å². The molecule has 0 aliphatic carbocycles. The first-order chi connectivity index (χ1) is 7.43. The Hall–Kier alpha value is -0.670. The van der Waals surface area contributed by atoms with Gasteiger partial charge in [0.15, 0.2) is 14.9 Å². The minimum atomic E-state index is -4.03. The Morgan fingerprint density at radius 2 is 1.71 bits per heavy atom. The molecule has 7 nitrogen and oxygen atoms in total. The molecular weight excluding hydrogens is 270 g/mol. The van der Waals surface area contributed by atoms with Crippen molar-refractivity contribution in [3.8, 4) is 0 Å². The quantitative estimate of drug-likeness (QED) is 0.646. The lowest BCUT2D eigenvalue weighted by Gasteiger charge is -2.20. The monoisotopic (exact) mass is 287 g/mol. The Balaban J connectivity index is 4.82. The molecule has 0 amide bonds. The van der Waals surface area contributed by atoms with Gasteiger partial charge in [0, 0.05) is 12.3 Å². The fourth-order valence-corrected chi connectivity index (χ4v) is 4.49.